The maximum absolute atomic E-state index is 14.5. The summed E-state index contributed by atoms with van der Waals surface area (Å²) in [4.78, 5) is 30.0. The molecule has 2 aromatic rings. The number of hydrogen-bond donors (Lipinski definition) is 0. The first-order valence-electron chi connectivity index (χ1n) is 8.48. The lowest BCUT2D eigenvalue weighted by molar-refractivity contribution is -0.124. The first kappa shape index (κ1) is 17.6. The van der Waals surface area contributed by atoms with Crippen molar-refractivity contribution in [1.82, 2.24) is 0 Å². The maximum atomic E-state index is 14.5. The molecule has 2 heterocycles. The van der Waals surface area contributed by atoms with E-state index in [1.54, 1.807) is 30.3 Å². The molecule has 2 aliphatic heterocycles. The number of nitrogens with zero attached hydrogens (tertiary/aromatic N) is 3. The predicted octanol–water partition coefficient (Wildman–Crippen LogP) is 2.69. The number of amides is 2. The summed E-state index contributed by atoms with van der Waals surface area (Å²) >= 11 is 6.03. The Morgan fingerprint density at radius 2 is 2.04 bits per heavy atom. The van der Waals surface area contributed by atoms with Gasteiger partial charge in [-0.2, -0.15) is 0 Å². The molecule has 6 nitrogen and oxygen atoms in total. The first-order chi connectivity index (χ1) is 13.0. The zero-order valence-corrected chi connectivity index (χ0v) is 15.4. The number of para-hydroxylation sites is 1. The number of carbonyl (C=O) groups excluding carboxylic acids is 2. The summed E-state index contributed by atoms with van der Waals surface area (Å²) in [6.45, 7) is 0.536. The maximum Gasteiger partial charge on any atom is 0.265 e. The van der Waals surface area contributed by atoms with Gasteiger partial charge in [0, 0.05) is 25.2 Å². The molecule has 4 rings (SSSR count). The zero-order chi connectivity index (χ0) is 19.1. The molecule has 2 aromatic carbocycles. The van der Waals surface area contributed by atoms with Crippen LogP contribution in [0.25, 0.3) is 0 Å². The van der Waals surface area contributed by atoms with Gasteiger partial charge in [-0.05, 0) is 30.3 Å². The van der Waals surface area contributed by atoms with E-state index in [0.717, 1.165) is 0 Å². The minimum atomic E-state index is -0.468. The summed E-state index contributed by atoms with van der Waals surface area (Å²) in [6.07, 6.45) is 0. The fourth-order valence-electron chi connectivity index (χ4n) is 3.38. The average Bonchev–Trinajstić information content (AvgIpc) is 2.65. The van der Waals surface area contributed by atoms with Gasteiger partial charge in [0.1, 0.15) is 23.8 Å². The van der Waals surface area contributed by atoms with E-state index in [1.165, 1.54) is 15.9 Å². The second-order valence-corrected chi connectivity index (χ2v) is 6.89. The third-order valence-corrected chi connectivity index (χ3v) is 5.00. The molecular weight excluding hydrogens is 373 g/mol. The van der Waals surface area contributed by atoms with Crippen LogP contribution >= 0.6 is 11.6 Å². The quantitative estimate of drug-likeness (QED) is 0.792. The molecule has 0 unspecified atom stereocenters. The van der Waals surface area contributed by atoms with Gasteiger partial charge < -0.3 is 14.5 Å². The molecule has 0 saturated carbocycles. The molecule has 2 aliphatic rings. The molecule has 0 radical (unpaired) electrons. The number of anilines is 3. The predicted molar refractivity (Wildman–Crippen MR) is 101 cm³/mol. The Morgan fingerprint density at radius 3 is 2.85 bits per heavy atom. The summed E-state index contributed by atoms with van der Waals surface area (Å²) in [7, 11) is 1.85. The lowest BCUT2D eigenvalue weighted by atomic mass is 10.1. The summed E-state index contributed by atoms with van der Waals surface area (Å²) in [5.74, 6) is -0.697. The Labute approximate surface area is 160 Å². The standard InChI is InChI=1S/C19H17ClFN3O3/c1-22-7-8-23(19-13(21)3-2-4-14(19)22)17(25)10-24-15-9-12(20)5-6-16(15)27-11-18(24)26/h2-6,9H,7-8,10-11H2,1H3. The molecule has 27 heavy (non-hydrogen) atoms. The van der Waals surface area contributed by atoms with E-state index >= 15 is 0 Å². The number of likely N-dealkylation sites (N-methyl/N-ethyl adjacent to an activating group) is 1. The van der Waals surface area contributed by atoms with Gasteiger partial charge in [-0.3, -0.25) is 14.5 Å². The van der Waals surface area contributed by atoms with Crippen LogP contribution in [-0.2, 0) is 9.59 Å². The number of carbonyl (C=O) groups is 2. The Hall–Kier alpha value is -2.80. The van der Waals surface area contributed by atoms with E-state index in [2.05, 4.69) is 0 Å². The van der Waals surface area contributed by atoms with E-state index in [-0.39, 0.29) is 30.7 Å². The highest BCUT2D eigenvalue weighted by atomic mass is 35.5. The van der Waals surface area contributed by atoms with Crippen LogP contribution in [0, 0.1) is 5.82 Å². The van der Waals surface area contributed by atoms with Crippen molar-refractivity contribution in [2.45, 2.75) is 0 Å². The molecule has 140 valence electrons. The van der Waals surface area contributed by atoms with Crippen molar-refractivity contribution >= 4 is 40.5 Å². The van der Waals surface area contributed by atoms with Gasteiger partial charge in [0.25, 0.3) is 5.91 Å². The highest BCUT2D eigenvalue weighted by Crippen LogP contribution is 2.37. The van der Waals surface area contributed by atoms with Crippen molar-refractivity contribution in [2.24, 2.45) is 0 Å². The Bertz CT molecular complexity index is 936. The number of halogens is 2. The molecule has 0 atom stereocenters. The molecule has 0 aromatic heterocycles. The Morgan fingerprint density at radius 1 is 1.22 bits per heavy atom. The fraction of sp³-hybridized carbons (Fsp3) is 0.263. The zero-order valence-electron chi connectivity index (χ0n) is 14.6. The number of hydrogen-bond acceptors (Lipinski definition) is 4. The van der Waals surface area contributed by atoms with Crippen LogP contribution in [-0.4, -0.2) is 45.1 Å². The van der Waals surface area contributed by atoms with E-state index in [4.69, 9.17) is 16.3 Å². The van der Waals surface area contributed by atoms with Crippen LogP contribution in [0.4, 0.5) is 21.5 Å². The van der Waals surface area contributed by atoms with Crippen molar-refractivity contribution in [3.05, 3.63) is 47.2 Å². The van der Waals surface area contributed by atoms with Gasteiger partial charge in [0.2, 0.25) is 5.91 Å². The molecule has 0 aliphatic carbocycles. The lowest BCUT2D eigenvalue weighted by Crippen LogP contribution is -2.50. The van der Waals surface area contributed by atoms with Gasteiger partial charge in [0.15, 0.2) is 6.61 Å². The highest BCUT2D eigenvalue weighted by molar-refractivity contribution is 6.31. The van der Waals surface area contributed by atoms with Crippen molar-refractivity contribution in [2.75, 3.05) is 48.0 Å². The van der Waals surface area contributed by atoms with Crippen LogP contribution in [0.2, 0.25) is 5.02 Å². The van der Waals surface area contributed by atoms with Gasteiger partial charge in [0.05, 0.1) is 11.4 Å². The highest BCUT2D eigenvalue weighted by Gasteiger charge is 2.33. The molecule has 8 heteroatoms. The van der Waals surface area contributed by atoms with E-state index in [1.807, 2.05) is 11.9 Å². The van der Waals surface area contributed by atoms with Gasteiger partial charge in [-0.15, -0.1) is 0 Å². The number of benzene rings is 2. The summed E-state index contributed by atoms with van der Waals surface area (Å²) < 4.78 is 19.9. The SMILES string of the molecule is CN1CCN(C(=O)CN2C(=O)COc3ccc(Cl)cc32)c2c(F)cccc21. The fourth-order valence-corrected chi connectivity index (χ4v) is 3.55. The van der Waals surface area contributed by atoms with E-state index < -0.39 is 5.82 Å². The molecule has 0 fully saturated rings. The number of rotatable bonds is 2. The van der Waals surface area contributed by atoms with Crippen LogP contribution in [0.3, 0.4) is 0 Å². The molecule has 0 spiro atoms. The van der Waals surface area contributed by atoms with Crippen LogP contribution in [0.5, 0.6) is 5.75 Å². The molecular formula is C19H17ClFN3O3. The van der Waals surface area contributed by atoms with Crippen molar-refractivity contribution in [3.63, 3.8) is 0 Å². The van der Waals surface area contributed by atoms with Crippen molar-refractivity contribution < 1.29 is 18.7 Å². The van der Waals surface area contributed by atoms with Gasteiger partial charge >= 0.3 is 0 Å². The third-order valence-electron chi connectivity index (χ3n) is 4.76. The molecule has 0 bridgehead atoms. The Kier molecular flexibility index (Phi) is 4.39. The van der Waals surface area contributed by atoms with Crippen LogP contribution in [0.15, 0.2) is 36.4 Å². The molecule has 2 amide bonds. The van der Waals surface area contributed by atoms with Gasteiger partial charge in [-0.1, -0.05) is 17.7 Å². The van der Waals surface area contributed by atoms with Crippen LogP contribution < -0.4 is 19.4 Å². The first-order valence-corrected chi connectivity index (χ1v) is 8.86. The second kappa shape index (κ2) is 6.74. The van der Waals surface area contributed by atoms with E-state index in [9.17, 15) is 14.0 Å². The summed E-state index contributed by atoms with van der Waals surface area (Å²) in [6, 6.07) is 9.61. The molecule has 0 N–H and O–H groups in total. The topological polar surface area (TPSA) is 53.1 Å². The van der Waals surface area contributed by atoms with Crippen LogP contribution in [0.1, 0.15) is 0 Å². The van der Waals surface area contributed by atoms with Gasteiger partial charge in [-0.25, -0.2) is 4.39 Å². The number of ether oxygens (including phenoxy) is 1. The smallest absolute Gasteiger partial charge is 0.265 e. The van der Waals surface area contributed by atoms with E-state index in [0.29, 0.717) is 35.2 Å². The largest absolute Gasteiger partial charge is 0.482 e. The number of fused-ring (bicyclic) bond motifs is 2. The average molecular weight is 390 g/mol. The monoisotopic (exact) mass is 389 g/mol. The minimum Gasteiger partial charge on any atom is -0.482 e. The normalized spacial score (nSPS) is 16.0. The van der Waals surface area contributed by atoms with Crippen molar-refractivity contribution in [1.29, 1.82) is 0 Å². The minimum absolute atomic E-state index is 0.157. The summed E-state index contributed by atoms with van der Waals surface area (Å²) in [5, 5.41) is 0.431. The summed E-state index contributed by atoms with van der Waals surface area (Å²) in [5.41, 5.74) is 1.32. The lowest BCUT2D eigenvalue weighted by Gasteiger charge is -2.37. The third kappa shape index (κ3) is 3.08. The Balaban J connectivity index is 1.65. The second-order valence-electron chi connectivity index (χ2n) is 6.46. The molecule has 0 saturated heterocycles. The van der Waals surface area contributed by atoms with Crippen molar-refractivity contribution in [3.8, 4) is 5.75 Å².